The summed E-state index contributed by atoms with van der Waals surface area (Å²) in [6.45, 7) is 0.345. The monoisotopic (exact) mass is 482 g/mol. The normalized spacial score (nSPS) is 16.5. The SMILES string of the molecule is COc1ccc(C2c3[nH]c4ccc(Cl)cc4c3CCN2S(=O)(=O)c2ccc(OC)cc2)cc1. The van der Waals surface area contributed by atoms with Gasteiger partial charge in [0.2, 0.25) is 10.0 Å². The third-order valence-electron chi connectivity index (χ3n) is 6.14. The summed E-state index contributed by atoms with van der Waals surface area (Å²) in [6, 6.07) is 19.2. The van der Waals surface area contributed by atoms with Gasteiger partial charge in [-0.15, -0.1) is 0 Å². The lowest BCUT2D eigenvalue weighted by Crippen LogP contribution is -2.40. The molecule has 0 saturated heterocycles. The van der Waals surface area contributed by atoms with E-state index in [2.05, 4.69) is 4.98 Å². The van der Waals surface area contributed by atoms with Crippen molar-refractivity contribution in [1.82, 2.24) is 9.29 Å². The Kier molecular flexibility index (Phi) is 5.56. The Morgan fingerprint density at radius 3 is 2.21 bits per heavy atom. The van der Waals surface area contributed by atoms with E-state index in [-0.39, 0.29) is 4.90 Å². The second-order valence-electron chi connectivity index (χ2n) is 7.92. The molecule has 5 rings (SSSR count). The standard InChI is InChI=1S/C25H23ClN2O4S/c1-31-18-6-3-16(4-7-18)25-24-21(22-15-17(26)5-12-23(22)27-24)13-14-28(25)33(29,30)20-10-8-19(32-2)9-11-20/h3-12,15,25,27H,13-14H2,1-2H3. The van der Waals surface area contributed by atoms with Crippen LogP contribution in [0.4, 0.5) is 0 Å². The van der Waals surface area contributed by atoms with E-state index in [1.807, 2.05) is 42.5 Å². The fourth-order valence-corrected chi connectivity index (χ4v) is 6.26. The van der Waals surface area contributed by atoms with Gasteiger partial charge in [0.05, 0.1) is 25.2 Å². The van der Waals surface area contributed by atoms with Crippen LogP contribution < -0.4 is 9.47 Å². The molecule has 3 aromatic carbocycles. The number of nitrogens with one attached hydrogen (secondary N) is 1. The molecule has 1 aliphatic rings. The summed E-state index contributed by atoms with van der Waals surface area (Å²) in [5.74, 6) is 1.32. The molecule has 4 aromatic rings. The molecular weight excluding hydrogens is 460 g/mol. The summed E-state index contributed by atoms with van der Waals surface area (Å²) >= 11 is 6.27. The molecular formula is C25H23ClN2O4S. The number of nitrogens with zero attached hydrogens (tertiary/aromatic N) is 1. The molecule has 0 radical (unpaired) electrons. The minimum Gasteiger partial charge on any atom is -0.497 e. The van der Waals surface area contributed by atoms with E-state index in [1.54, 1.807) is 42.8 Å². The minimum absolute atomic E-state index is 0.226. The molecule has 6 nitrogen and oxygen atoms in total. The molecule has 0 aliphatic carbocycles. The highest BCUT2D eigenvalue weighted by Crippen LogP contribution is 2.42. The molecule has 0 saturated carbocycles. The van der Waals surface area contributed by atoms with Gasteiger partial charge in [0.25, 0.3) is 0 Å². The number of rotatable bonds is 5. The van der Waals surface area contributed by atoms with Crippen molar-refractivity contribution in [2.24, 2.45) is 0 Å². The zero-order valence-corrected chi connectivity index (χ0v) is 19.8. The number of aromatic amines is 1. The van der Waals surface area contributed by atoms with E-state index in [1.165, 1.54) is 0 Å². The van der Waals surface area contributed by atoms with Crippen LogP contribution in [0.1, 0.15) is 22.9 Å². The number of fused-ring (bicyclic) bond motifs is 3. The van der Waals surface area contributed by atoms with Crippen molar-refractivity contribution in [3.8, 4) is 11.5 Å². The van der Waals surface area contributed by atoms with Crippen LogP contribution in [0.5, 0.6) is 11.5 Å². The van der Waals surface area contributed by atoms with E-state index in [0.29, 0.717) is 29.5 Å². The summed E-state index contributed by atoms with van der Waals surface area (Å²) in [6.07, 6.45) is 0.581. The van der Waals surface area contributed by atoms with Crippen LogP contribution in [-0.2, 0) is 16.4 Å². The second-order valence-corrected chi connectivity index (χ2v) is 10.3. The van der Waals surface area contributed by atoms with Gasteiger partial charge in [-0.3, -0.25) is 0 Å². The third-order valence-corrected chi connectivity index (χ3v) is 8.26. The first-order valence-corrected chi connectivity index (χ1v) is 12.3. The molecule has 1 N–H and O–H groups in total. The molecule has 0 bridgehead atoms. The van der Waals surface area contributed by atoms with Crippen LogP contribution in [-0.4, -0.2) is 38.5 Å². The van der Waals surface area contributed by atoms with Crippen LogP contribution in [0.25, 0.3) is 10.9 Å². The quantitative estimate of drug-likeness (QED) is 0.425. The Hall–Kier alpha value is -3.00. The zero-order chi connectivity index (χ0) is 23.2. The first-order chi connectivity index (χ1) is 15.9. The number of aromatic nitrogens is 1. The van der Waals surface area contributed by atoms with E-state index >= 15 is 0 Å². The zero-order valence-electron chi connectivity index (χ0n) is 18.2. The Labute approximate surface area is 197 Å². The van der Waals surface area contributed by atoms with Crippen molar-refractivity contribution in [2.45, 2.75) is 17.4 Å². The average Bonchev–Trinajstić information content (AvgIpc) is 3.21. The fourth-order valence-electron chi connectivity index (χ4n) is 4.50. The van der Waals surface area contributed by atoms with Crippen molar-refractivity contribution in [3.63, 3.8) is 0 Å². The summed E-state index contributed by atoms with van der Waals surface area (Å²) in [5.41, 5.74) is 3.74. The highest BCUT2D eigenvalue weighted by atomic mass is 35.5. The molecule has 8 heteroatoms. The highest BCUT2D eigenvalue weighted by Gasteiger charge is 2.39. The number of ether oxygens (including phenoxy) is 2. The molecule has 0 fully saturated rings. The summed E-state index contributed by atoms with van der Waals surface area (Å²) in [7, 11) is -0.628. The topological polar surface area (TPSA) is 71.6 Å². The summed E-state index contributed by atoms with van der Waals surface area (Å²) in [5, 5.41) is 1.68. The minimum atomic E-state index is -3.79. The van der Waals surface area contributed by atoms with E-state index in [0.717, 1.165) is 27.7 Å². The van der Waals surface area contributed by atoms with Crippen molar-refractivity contribution >= 4 is 32.5 Å². The van der Waals surface area contributed by atoms with Crippen LogP contribution in [0, 0.1) is 0 Å². The first kappa shape index (κ1) is 21.8. The Morgan fingerprint density at radius 1 is 0.939 bits per heavy atom. The van der Waals surface area contributed by atoms with Crippen LogP contribution >= 0.6 is 11.6 Å². The molecule has 1 unspecified atom stereocenters. The third kappa shape index (κ3) is 3.76. The largest absolute Gasteiger partial charge is 0.497 e. The number of hydrogen-bond donors (Lipinski definition) is 1. The van der Waals surface area contributed by atoms with Gasteiger partial charge in [0, 0.05) is 28.2 Å². The number of methoxy groups -OCH3 is 2. The van der Waals surface area contributed by atoms with Gasteiger partial charge in [-0.05, 0) is 72.1 Å². The second kappa shape index (κ2) is 8.41. The summed E-state index contributed by atoms with van der Waals surface area (Å²) in [4.78, 5) is 3.70. The Balaban J connectivity index is 1.67. The van der Waals surface area contributed by atoms with Gasteiger partial charge in [0.1, 0.15) is 11.5 Å². The lowest BCUT2D eigenvalue weighted by Gasteiger charge is -2.35. The maximum absolute atomic E-state index is 13.8. The van der Waals surface area contributed by atoms with Gasteiger partial charge < -0.3 is 14.5 Å². The smallest absolute Gasteiger partial charge is 0.244 e. The number of H-pyrrole nitrogens is 1. The molecule has 1 aliphatic heterocycles. The maximum atomic E-state index is 13.8. The van der Waals surface area contributed by atoms with Crippen LogP contribution in [0.15, 0.2) is 71.6 Å². The molecule has 1 aromatic heterocycles. The van der Waals surface area contributed by atoms with Crippen molar-refractivity contribution in [1.29, 1.82) is 0 Å². The van der Waals surface area contributed by atoms with Crippen molar-refractivity contribution in [2.75, 3.05) is 20.8 Å². The molecule has 0 spiro atoms. The van der Waals surface area contributed by atoms with Crippen LogP contribution in [0.3, 0.4) is 0 Å². The predicted octanol–water partition coefficient (Wildman–Crippen LogP) is 5.17. The van der Waals surface area contributed by atoms with E-state index in [9.17, 15) is 8.42 Å². The van der Waals surface area contributed by atoms with Gasteiger partial charge in [-0.25, -0.2) is 8.42 Å². The number of hydrogen-bond acceptors (Lipinski definition) is 4. The number of benzene rings is 3. The number of sulfonamides is 1. The average molecular weight is 483 g/mol. The maximum Gasteiger partial charge on any atom is 0.244 e. The molecule has 1 atom stereocenters. The van der Waals surface area contributed by atoms with Crippen molar-refractivity contribution in [3.05, 3.63) is 88.6 Å². The molecule has 0 amide bonds. The van der Waals surface area contributed by atoms with Gasteiger partial charge in [-0.1, -0.05) is 23.7 Å². The first-order valence-electron chi connectivity index (χ1n) is 10.5. The highest BCUT2D eigenvalue weighted by molar-refractivity contribution is 7.89. The van der Waals surface area contributed by atoms with Crippen molar-refractivity contribution < 1.29 is 17.9 Å². The van der Waals surface area contributed by atoms with Crippen LogP contribution in [0.2, 0.25) is 5.02 Å². The lowest BCUT2D eigenvalue weighted by molar-refractivity contribution is 0.340. The Morgan fingerprint density at radius 2 is 1.58 bits per heavy atom. The summed E-state index contributed by atoms with van der Waals surface area (Å²) < 4.78 is 39.7. The van der Waals surface area contributed by atoms with E-state index < -0.39 is 16.1 Å². The molecule has 2 heterocycles. The van der Waals surface area contributed by atoms with Gasteiger partial charge in [-0.2, -0.15) is 4.31 Å². The number of halogens is 1. The van der Waals surface area contributed by atoms with Gasteiger partial charge >= 0.3 is 0 Å². The predicted molar refractivity (Wildman–Crippen MR) is 129 cm³/mol. The van der Waals surface area contributed by atoms with E-state index in [4.69, 9.17) is 21.1 Å². The Bertz CT molecular complexity index is 1410. The van der Waals surface area contributed by atoms with Gasteiger partial charge in [0.15, 0.2) is 0 Å². The lowest BCUT2D eigenvalue weighted by atomic mass is 9.94. The fraction of sp³-hybridized carbons (Fsp3) is 0.200. The molecule has 33 heavy (non-hydrogen) atoms. The molecule has 170 valence electrons.